The Kier molecular flexibility index (Phi) is 6.30. The molecule has 1 saturated heterocycles. The Morgan fingerprint density at radius 2 is 1.86 bits per heavy atom. The normalized spacial score (nSPS) is 18.3. The van der Waals surface area contributed by atoms with Gasteiger partial charge in [0, 0.05) is 50.9 Å². The van der Waals surface area contributed by atoms with Gasteiger partial charge in [-0.05, 0) is 18.4 Å². The van der Waals surface area contributed by atoms with Gasteiger partial charge in [0.2, 0.25) is 0 Å². The van der Waals surface area contributed by atoms with E-state index in [1.807, 2.05) is 12.1 Å². The van der Waals surface area contributed by atoms with Crippen molar-refractivity contribution in [2.45, 2.75) is 25.8 Å². The summed E-state index contributed by atoms with van der Waals surface area (Å²) in [5.74, 6) is 0. The molecule has 1 atom stereocenters. The van der Waals surface area contributed by atoms with Crippen LogP contribution in [0.4, 0.5) is 5.69 Å². The molecule has 2 rings (SSSR count). The highest BCUT2D eigenvalue weighted by atomic mass is 16.6. The topological polar surface area (TPSA) is 69.8 Å². The lowest BCUT2D eigenvalue weighted by Gasteiger charge is -2.38. The van der Waals surface area contributed by atoms with E-state index in [1.165, 1.54) is 0 Å². The SMILES string of the molecule is CCC(CO)N1CCN(CCc2ccc([N+](=O)[O-])cc2)CC1. The van der Waals surface area contributed by atoms with Crippen molar-refractivity contribution in [1.82, 2.24) is 9.80 Å². The molecule has 1 N–H and O–H groups in total. The number of benzene rings is 1. The molecule has 22 heavy (non-hydrogen) atoms. The second-order valence-corrected chi connectivity index (χ2v) is 5.80. The van der Waals surface area contributed by atoms with E-state index in [4.69, 9.17) is 0 Å². The fraction of sp³-hybridized carbons (Fsp3) is 0.625. The van der Waals surface area contributed by atoms with E-state index in [1.54, 1.807) is 12.1 Å². The average molecular weight is 307 g/mol. The zero-order chi connectivity index (χ0) is 15.9. The predicted molar refractivity (Wildman–Crippen MR) is 86.0 cm³/mol. The zero-order valence-electron chi connectivity index (χ0n) is 13.1. The van der Waals surface area contributed by atoms with E-state index in [0.29, 0.717) is 0 Å². The van der Waals surface area contributed by atoms with Crippen LogP contribution < -0.4 is 0 Å². The molecule has 1 aliphatic heterocycles. The van der Waals surface area contributed by atoms with Crippen LogP contribution >= 0.6 is 0 Å². The number of nitro benzene ring substituents is 1. The van der Waals surface area contributed by atoms with Gasteiger partial charge >= 0.3 is 0 Å². The molecule has 1 aromatic rings. The quantitative estimate of drug-likeness (QED) is 0.611. The first kappa shape index (κ1) is 16.9. The van der Waals surface area contributed by atoms with Crippen molar-refractivity contribution >= 4 is 5.69 Å². The molecule has 1 unspecified atom stereocenters. The molecule has 1 aromatic carbocycles. The minimum atomic E-state index is -0.367. The molecule has 1 heterocycles. The minimum absolute atomic E-state index is 0.145. The van der Waals surface area contributed by atoms with Crippen molar-refractivity contribution < 1.29 is 10.0 Å². The van der Waals surface area contributed by atoms with Gasteiger partial charge < -0.3 is 10.0 Å². The highest BCUT2D eigenvalue weighted by Crippen LogP contribution is 2.14. The van der Waals surface area contributed by atoms with E-state index in [0.717, 1.165) is 51.1 Å². The number of non-ortho nitro benzene ring substituents is 1. The van der Waals surface area contributed by atoms with Crippen molar-refractivity contribution in [2.24, 2.45) is 0 Å². The predicted octanol–water partition coefficient (Wildman–Crippen LogP) is 1.53. The largest absolute Gasteiger partial charge is 0.395 e. The third kappa shape index (κ3) is 4.50. The van der Waals surface area contributed by atoms with E-state index in [9.17, 15) is 15.2 Å². The molecule has 0 aromatic heterocycles. The number of aliphatic hydroxyl groups is 1. The molecule has 1 aliphatic rings. The van der Waals surface area contributed by atoms with Crippen molar-refractivity contribution in [3.63, 3.8) is 0 Å². The van der Waals surface area contributed by atoms with E-state index in [2.05, 4.69) is 16.7 Å². The summed E-state index contributed by atoms with van der Waals surface area (Å²) in [7, 11) is 0. The number of rotatable bonds is 7. The van der Waals surface area contributed by atoms with Gasteiger partial charge in [0.25, 0.3) is 5.69 Å². The fourth-order valence-electron chi connectivity index (χ4n) is 2.93. The van der Waals surface area contributed by atoms with Crippen LogP contribution in [0.15, 0.2) is 24.3 Å². The van der Waals surface area contributed by atoms with Crippen molar-refractivity contribution in [3.8, 4) is 0 Å². The van der Waals surface area contributed by atoms with Crippen molar-refractivity contribution in [3.05, 3.63) is 39.9 Å². The Labute approximate surface area is 131 Å². The summed E-state index contributed by atoms with van der Waals surface area (Å²) in [6.45, 7) is 7.36. The zero-order valence-corrected chi connectivity index (χ0v) is 13.1. The van der Waals surface area contributed by atoms with E-state index in [-0.39, 0.29) is 23.3 Å². The van der Waals surface area contributed by atoms with Gasteiger partial charge in [-0.25, -0.2) is 0 Å². The number of nitro groups is 1. The molecule has 0 radical (unpaired) electrons. The minimum Gasteiger partial charge on any atom is -0.395 e. The average Bonchev–Trinajstić information content (AvgIpc) is 2.55. The van der Waals surface area contributed by atoms with Gasteiger partial charge in [-0.2, -0.15) is 0 Å². The van der Waals surface area contributed by atoms with Crippen LogP contribution in [0.1, 0.15) is 18.9 Å². The van der Waals surface area contributed by atoms with Gasteiger partial charge in [-0.15, -0.1) is 0 Å². The summed E-state index contributed by atoms with van der Waals surface area (Å²) in [6.07, 6.45) is 1.90. The molecule has 122 valence electrons. The lowest BCUT2D eigenvalue weighted by Crippen LogP contribution is -2.51. The van der Waals surface area contributed by atoms with Gasteiger partial charge in [0.1, 0.15) is 0 Å². The second kappa shape index (κ2) is 8.22. The fourth-order valence-corrected chi connectivity index (χ4v) is 2.93. The van der Waals surface area contributed by atoms with Crippen LogP contribution in [-0.4, -0.2) is 65.2 Å². The van der Waals surface area contributed by atoms with Gasteiger partial charge in [-0.1, -0.05) is 19.1 Å². The van der Waals surface area contributed by atoms with E-state index >= 15 is 0 Å². The number of hydrogen-bond donors (Lipinski definition) is 1. The second-order valence-electron chi connectivity index (χ2n) is 5.80. The van der Waals surface area contributed by atoms with Gasteiger partial charge in [-0.3, -0.25) is 15.0 Å². The summed E-state index contributed by atoms with van der Waals surface area (Å²) in [6, 6.07) is 7.11. The lowest BCUT2D eigenvalue weighted by atomic mass is 10.1. The molecule has 0 bridgehead atoms. The molecule has 0 spiro atoms. The smallest absolute Gasteiger partial charge is 0.269 e. The molecule has 0 saturated carbocycles. The van der Waals surface area contributed by atoms with Gasteiger partial charge in [0.05, 0.1) is 11.5 Å². The summed E-state index contributed by atoms with van der Waals surface area (Å²) in [5.41, 5.74) is 1.28. The summed E-state index contributed by atoms with van der Waals surface area (Å²) in [5, 5.41) is 20.0. The van der Waals surface area contributed by atoms with Crippen LogP contribution in [0, 0.1) is 10.1 Å². The number of aliphatic hydroxyl groups excluding tert-OH is 1. The summed E-state index contributed by atoms with van der Waals surface area (Å²) >= 11 is 0. The first-order valence-electron chi connectivity index (χ1n) is 7.94. The number of piperazine rings is 1. The summed E-state index contributed by atoms with van der Waals surface area (Å²) in [4.78, 5) is 15.0. The lowest BCUT2D eigenvalue weighted by molar-refractivity contribution is -0.384. The Morgan fingerprint density at radius 3 is 2.36 bits per heavy atom. The third-order valence-corrected chi connectivity index (χ3v) is 4.47. The van der Waals surface area contributed by atoms with Crippen LogP contribution in [0.2, 0.25) is 0 Å². The highest BCUT2D eigenvalue weighted by molar-refractivity contribution is 5.32. The Hall–Kier alpha value is -1.50. The van der Waals surface area contributed by atoms with E-state index < -0.39 is 0 Å². The maximum atomic E-state index is 10.6. The first-order chi connectivity index (χ1) is 10.6. The summed E-state index contributed by atoms with van der Waals surface area (Å²) < 4.78 is 0. The maximum Gasteiger partial charge on any atom is 0.269 e. The Morgan fingerprint density at radius 1 is 1.23 bits per heavy atom. The van der Waals surface area contributed by atoms with Crippen molar-refractivity contribution in [2.75, 3.05) is 39.3 Å². The van der Waals surface area contributed by atoms with Gasteiger partial charge in [0.15, 0.2) is 0 Å². The molecule has 1 fully saturated rings. The molecule has 0 aliphatic carbocycles. The maximum absolute atomic E-state index is 10.6. The number of nitrogens with zero attached hydrogens (tertiary/aromatic N) is 3. The highest BCUT2D eigenvalue weighted by Gasteiger charge is 2.21. The third-order valence-electron chi connectivity index (χ3n) is 4.47. The van der Waals surface area contributed by atoms with Crippen LogP contribution in [0.25, 0.3) is 0 Å². The monoisotopic (exact) mass is 307 g/mol. The van der Waals surface area contributed by atoms with Crippen LogP contribution in [0.3, 0.4) is 0 Å². The van der Waals surface area contributed by atoms with Crippen LogP contribution in [-0.2, 0) is 6.42 Å². The Bertz CT molecular complexity index is 466. The van der Waals surface area contributed by atoms with Crippen LogP contribution in [0.5, 0.6) is 0 Å². The van der Waals surface area contributed by atoms with Crippen molar-refractivity contribution in [1.29, 1.82) is 0 Å². The number of hydrogen-bond acceptors (Lipinski definition) is 5. The molecule has 6 heteroatoms. The molecule has 0 amide bonds. The first-order valence-corrected chi connectivity index (χ1v) is 7.94. The molecular weight excluding hydrogens is 282 g/mol. The molecule has 6 nitrogen and oxygen atoms in total. The Balaban J connectivity index is 1.75. The standard InChI is InChI=1S/C16H25N3O3/c1-2-15(13-20)18-11-9-17(10-12-18)8-7-14-3-5-16(6-4-14)19(21)22/h3-6,15,20H,2,7-13H2,1H3. The molecular formula is C16H25N3O3.